The second-order valence-corrected chi connectivity index (χ2v) is 9.75. The molecule has 10 N–H and O–H groups in total. The third-order valence-corrected chi connectivity index (χ3v) is 6.67. The van der Waals surface area contributed by atoms with Crippen molar-refractivity contribution in [1.82, 2.24) is 10.6 Å². The fourth-order valence-electron chi connectivity index (χ4n) is 4.24. The zero-order valence-electron chi connectivity index (χ0n) is 22.3. The predicted molar refractivity (Wildman–Crippen MR) is 133 cm³/mol. The smallest absolute Gasteiger partial charge is 0.220 e. The number of unbranched alkanes of at least 4 members (excludes halogenated alkanes) is 3. The summed E-state index contributed by atoms with van der Waals surface area (Å²) in [6.07, 6.45) is -10.4. The molecule has 16 heteroatoms. The van der Waals surface area contributed by atoms with Crippen molar-refractivity contribution in [2.45, 2.75) is 99.9 Å². The number of nitrogens with one attached hydrogen (secondary N) is 2. The third-order valence-electron chi connectivity index (χ3n) is 6.67. The Balaban J connectivity index is 1.45. The second kappa shape index (κ2) is 18.1. The lowest BCUT2D eigenvalue weighted by Crippen LogP contribution is -2.59. The molecule has 234 valence electrons. The molecule has 2 saturated heterocycles. The molecule has 0 radical (unpaired) electrons. The lowest BCUT2D eigenvalue weighted by atomic mass is 9.99. The van der Waals surface area contributed by atoms with Gasteiger partial charge >= 0.3 is 0 Å². The maximum atomic E-state index is 12.0. The second-order valence-electron chi connectivity index (χ2n) is 9.75. The Morgan fingerprint density at radius 1 is 0.575 bits per heavy atom. The first-order valence-electron chi connectivity index (χ1n) is 13.5. The van der Waals surface area contributed by atoms with Gasteiger partial charge in [-0.05, 0) is 12.8 Å². The Labute approximate surface area is 231 Å². The minimum atomic E-state index is -1.53. The average Bonchev–Trinajstić information content (AvgIpc) is 2.94. The van der Waals surface area contributed by atoms with Crippen molar-refractivity contribution in [3.05, 3.63) is 0 Å². The predicted octanol–water partition coefficient (Wildman–Crippen LogP) is -4.81. The maximum absolute atomic E-state index is 12.0. The van der Waals surface area contributed by atoms with Crippen LogP contribution >= 0.6 is 0 Å². The molecule has 2 aliphatic heterocycles. The van der Waals surface area contributed by atoms with E-state index in [-0.39, 0.29) is 51.0 Å². The van der Waals surface area contributed by atoms with Gasteiger partial charge in [0.05, 0.1) is 26.4 Å². The van der Waals surface area contributed by atoms with Crippen LogP contribution in [0.3, 0.4) is 0 Å². The molecule has 2 fully saturated rings. The van der Waals surface area contributed by atoms with Crippen molar-refractivity contribution in [3.63, 3.8) is 0 Å². The highest BCUT2D eigenvalue weighted by Crippen LogP contribution is 2.22. The zero-order valence-corrected chi connectivity index (χ0v) is 22.3. The molecule has 0 spiro atoms. The van der Waals surface area contributed by atoms with Crippen molar-refractivity contribution in [2.24, 2.45) is 0 Å². The largest absolute Gasteiger partial charge is 0.394 e. The molecular formula is C24H44N2O14. The Bertz CT molecular complexity index is 684. The van der Waals surface area contributed by atoms with Gasteiger partial charge in [-0.25, -0.2) is 0 Å². The molecule has 0 aliphatic carbocycles. The molecule has 0 aromatic heterocycles. The van der Waals surface area contributed by atoms with Crippen LogP contribution in [0.5, 0.6) is 0 Å². The highest BCUT2D eigenvalue weighted by Gasteiger charge is 2.45. The highest BCUT2D eigenvalue weighted by atomic mass is 16.7. The molecular weight excluding hydrogens is 540 g/mol. The molecule has 0 aromatic rings. The number of aliphatic hydroxyl groups excluding tert-OH is 8. The molecule has 2 aliphatic rings. The molecule has 2 rings (SSSR count). The molecule has 40 heavy (non-hydrogen) atoms. The number of hydrogen-bond donors (Lipinski definition) is 10. The Kier molecular flexibility index (Phi) is 15.7. The van der Waals surface area contributed by atoms with Gasteiger partial charge < -0.3 is 70.4 Å². The number of hydrogen-bond acceptors (Lipinski definition) is 14. The van der Waals surface area contributed by atoms with Crippen LogP contribution in [0.4, 0.5) is 0 Å². The fourth-order valence-corrected chi connectivity index (χ4v) is 4.24. The Morgan fingerprint density at radius 3 is 1.30 bits per heavy atom. The molecule has 2 heterocycles. The van der Waals surface area contributed by atoms with Crippen LogP contribution in [-0.2, 0) is 28.5 Å². The highest BCUT2D eigenvalue weighted by molar-refractivity contribution is 5.76. The Hall–Kier alpha value is -1.54. The summed E-state index contributed by atoms with van der Waals surface area (Å²) in [5, 5.41) is 82.4. The van der Waals surface area contributed by atoms with Gasteiger partial charge in [-0.15, -0.1) is 0 Å². The van der Waals surface area contributed by atoms with Gasteiger partial charge in [0.15, 0.2) is 12.6 Å². The van der Waals surface area contributed by atoms with Crippen LogP contribution in [0.1, 0.15) is 38.5 Å². The van der Waals surface area contributed by atoms with E-state index in [1.807, 2.05) is 0 Å². The van der Waals surface area contributed by atoms with Gasteiger partial charge in [0, 0.05) is 25.9 Å². The molecule has 0 bridgehead atoms. The SMILES string of the molecule is O=C(CCCCCCC(=O)NCCO[C@H]1O[C@H](CO)[C@@H](O)[C@H](O)[C@@H]1O)NCCO[C@H]1O[C@H](CO)[C@@H](O)[C@H](O)[C@@H]1O. The molecule has 16 nitrogen and oxygen atoms in total. The van der Waals surface area contributed by atoms with Gasteiger partial charge in [-0.3, -0.25) is 9.59 Å². The van der Waals surface area contributed by atoms with Crippen LogP contribution in [0.2, 0.25) is 0 Å². The molecule has 0 aromatic carbocycles. The maximum Gasteiger partial charge on any atom is 0.220 e. The third kappa shape index (κ3) is 10.7. The van der Waals surface area contributed by atoms with E-state index in [1.165, 1.54) is 0 Å². The fraction of sp³-hybridized carbons (Fsp3) is 0.917. The summed E-state index contributed by atoms with van der Waals surface area (Å²) in [6, 6.07) is 0. The van der Waals surface area contributed by atoms with E-state index < -0.39 is 74.6 Å². The summed E-state index contributed by atoms with van der Waals surface area (Å²) >= 11 is 0. The lowest BCUT2D eigenvalue weighted by Gasteiger charge is -2.39. The van der Waals surface area contributed by atoms with Crippen molar-refractivity contribution in [3.8, 4) is 0 Å². The van der Waals surface area contributed by atoms with Gasteiger partial charge in [0.2, 0.25) is 11.8 Å². The van der Waals surface area contributed by atoms with Gasteiger partial charge in [0.1, 0.15) is 48.8 Å². The molecule has 10 atom stereocenters. The normalized spacial score (nSPS) is 34.4. The summed E-state index contributed by atoms with van der Waals surface area (Å²) in [6.45, 7) is -0.887. The van der Waals surface area contributed by atoms with Gasteiger partial charge in [0.25, 0.3) is 0 Å². The van der Waals surface area contributed by atoms with E-state index in [0.29, 0.717) is 12.8 Å². The monoisotopic (exact) mass is 584 g/mol. The van der Waals surface area contributed by atoms with E-state index in [9.17, 15) is 40.2 Å². The van der Waals surface area contributed by atoms with E-state index in [0.717, 1.165) is 12.8 Å². The first-order chi connectivity index (χ1) is 19.1. The van der Waals surface area contributed by atoms with Crippen LogP contribution in [0.25, 0.3) is 0 Å². The average molecular weight is 585 g/mol. The minimum Gasteiger partial charge on any atom is -0.394 e. The number of aliphatic hydroxyl groups is 8. The van der Waals surface area contributed by atoms with Gasteiger partial charge in [-0.2, -0.15) is 0 Å². The van der Waals surface area contributed by atoms with Crippen molar-refractivity contribution < 1.29 is 69.4 Å². The van der Waals surface area contributed by atoms with Crippen molar-refractivity contribution in [2.75, 3.05) is 39.5 Å². The molecule has 0 unspecified atom stereocenters. The van der Waals surface area contributed by atoms with Crippen LogP contribution in [-0.4, -0.2) is 154 Å². The number of carbonyl (C=O) groups is 2. The topological polar surface area (TPSA) is 257 Å². The summed E-state index contributed by atoms with van der Waals surface area (Å²) in [7, 11) is 0. The van der Waals surface area contributed by atoms with E-state index in [1.54, 1.807) is 0 Å². The van der Waals surface area contributed by atoms with Crippen molar-refractivity contribution in [1.29, 1.82) is 0 Å². The Morgan fingerprint density at radius 2 is 0.950 bits per heavy atom. The standard InChI is InChI=1S/C24H44N2O14/c27-11-13-17(31)19(33)21(35)23(39-13)37-9-7-25-15(29)5-3-1-2-4-6-16(30)26-8-10-38-24-22(36)20(34)18(32)14(12-28)40-24/h13-14,17-24,27-28,31-36H,1-12H2,(H,25,29)(H,26,30)/t13-,14-,17-,18-,19+,20+,21+,22+,23+,24+/m1/s1. The first kappa shape index (κ1) is 34.7. The number of rotatable bonds is 17. The van der Waals surface area contributed by atoms with E-state index in [4.69, 9.17) is 29.2 Å². The summed E-state index contributed by atoms with van der Waals surface area (Å²) in [5.74, 6) is -0.399. The zero-order chi connectivity index (χ0) is 29.7. The quantitative estimate of drug-likeness (QED) is 0.0720. The van der Waals surface area contributed by atoms with Crippen LogP contribution in [0.15, 0.2) is 0 Å². The summed E-state index contributed by atoms with van der Waals surface area (Å²) < 4.78 is 21.0. The first-order valence-corrected chi connectivity index (χ1v) is 13.5. The van der Waals surface area contributed by atoms with Crippen LogP contribution < -0.4 is 10.6 Å². The van der Waals surface area contributed by atoms with Gasteiger partial charge in [-0.1, -0.05) is 12.8 Å². The molecule has 2 amide bonds. The van der Waals surface area contributed by atoms with E-state index >= 15 is 0 Å². The number of ether oxygens (including phenoxy) is 4. The van der Waals surface area contributed by atoms with Crippen molar-refractivity contribution >= 4 is 11.8 Å². The van der Waals surface area contributed by atoms with E-state index in [2.05, 4.69) is 10.6 Å². The summed E-state index contributed by atoms with van der Waals surface area (Å²) in [4.78, 5) is 23.9. The van der Waals surface area contributed by atoms with Crippen LogP contribution in [0, 0.1) is 0 Å². The minimum absolute atomic E-state index is 0.0168. The number of amides is 2. The number of carbonyl (C=O) groups excluding carboxylic acids is 2. The molecule has 0 saturated carbocycles. The summed E-state index contributed by atoms with van der Waals surface area (Å²) in [5.41, 5.74) is 0. The lowest BCUT2D eigenvalue weighted by molar-refractivity contribution is -0.300.